The van der Waals surface area contributed by atoms with Crippen LogP contribution in [0.2, 0.25) is 0 Å². The zero-order valence-electron chi connectivity index (χ0n) is 20.6. The Morgan fingerprint density at radius 1 is 0.853 bits per heavy atom. The minimum absolute atomic E-state index is 0.311. The van der Waals surface area contributed by atoms with E-state index >= 15 is 0 Å². The summed E-state index contributed by atoms with van der Waals surface area (Å²) in [6.07, 6.45) is 7.92. The lowest BCUT2D eigenvalue weighted by atomic mass is 9.99. The van der Waals surface area contributed by atoms with Crippen LogP contribution in [0.4, 0.5) is 0 Å². The molecule has 0 fully saturated rings. The van der Waals surface area contributed by atoms with Crippen molar-refractivity contribution in [2.24, 2.45) is 5.92 Å². The minimum Gasteiger partial charge on any atom is -0.422 e. The predicted octanol–water partition coefficient (Wildman–Crippen LogP) is 8.16. The van der Waals surface area contributed by atoms with Gasteiger partial charge in [0.1, 0.15) is 11.8 Å². The highest BCUT2D eigenvalue weighted by Gasteiger charge is 2.13. The first-order valence-electron chi connectivity index (χ1n) is 12.4. The molecular formula is C31H35NO2. The molecule has 3 aromatic carbocycles. The Labute approximate surface area is 204 Å². The van der Waals surface area contributed by atoms with Crippen LogP contribution in [-0.2, 0) is 12.8 Å². The molecule has 3 nitrogen and oxygen atoms in total. The largest absolute Gasteiger partial charge is 0.422 e. The lowest BCUT2D eigenvalue weighted by molar-refractivity contribution is 0.0734. The van der Waals surface area contributed by atoms with E-state index in [4.69, 9.17) is 4.74 Å². The zero-order valence-corrected chi connectivity index (χ0v) is 20.6. The van der Waals surface area contributed by atoms with Crippen LogP contribution >= 0.6 is 0 Å². The van der Waals surface area contributed by atoms with E-state index in [2.05, 4.69) is 51.1 Å². The van der Waals surface area contributed by atoms with Gasteiger partial charge in [-0.15, -0.1) is 0 Å². The van der Waals surface area contributed by atoms with Crippen LogP contribution in [0.1, 0.15) is 79.9 Å². The molecule has 0 N–H and O–H groups in total. The van der Waals surface area contributed by atoms with Gasteiger partial charge in [0.2, 0.25) is 0 Å². The van der Waals surface area contributed by atoms with Crippen LogP contribution in [0.15, 0.2) is 66.7 Å². The third kappa shape index (κ3) is 7.32. The molecule has 0 bridgehead atoms. The highest BCUT2D eigenvalue weighted by molar-refractivity contribution is 5.92. The molecule has 0 radical (unpaired) electrons. The molecule has 0 aromatic heterocycles. The quantitative estimate of drug-likeness (QED) is 0.167. The Balaban J connectivity index is 1.63. The molecule has 0 saturated heterocycles. The summed E-state index contributed by atoms with van der Waals surface area (Å²) < 4.78 is 5.57. The summed E-state index contributed by atoms with van der Waals surface area (Å²) in [4.78, 5) is 12.7. The van der Waals surface area contributed by atoms with E-state index in [1.165, 1.54) is 31.2 Å². The third-order valence-electron chi connectivity index (χ3n) is 6.10. The maximum absolute atomic E-state index is 12.7. The standard InChI is InChI=1S/C31H35NO2/c1-4-5-6-7-8-25-13-20-30(29(21-25)22-32)34-31(33)28-18-16-27(17-19-28)26-14-11-24(12-15-26)10-9-23(2)3/h11-21,23H,4-10H2,1-3H3. The molecule has 0 amide bonds. The molecule has 0 unspecified atom stereocenters. The Morgan fingerprint density at radius 3 is 2.12 bits per heavy atom. The van der Waals surface area contributed by atoms with E-state index in [9.17, 15) is 10.1 Å². The van der Waals surface area contributed by atoms with Crippen LogP contribution in [0.25, 0.3) is 11.1 Å². The van der Waals surface area contributed by atoms with Crippen molar-refractivity contribution in [3.8, 4) is 22.9 Å². The van der Waals surface area contributed by atoms with Gasteiger partial charge >= 0.3 is 5.97 Å². The molecule has 0 spiro atoms. The monoisotopic (exact) mass is 453 g/mol. The van der Waals surface area contributed by atoms with Crippen molar-refractivity contribution < 1.29 is 9.53 Å². The van der Waals surface area contributed by atoms with Gasteiger partial charge in [-0.05, 0) is 78.1 Å². The molecule has 0 aliphatic heterocycles. The number of rotatable bonds is 11. The maximum Gasteiger partial charge on any atom is 0.343 e. The summed E-state index contributed by atoms with van der Waals surface area (Å²) >= 11 is 0. The Hall–Kier alpha value is -3.38. The van der Waals surface area contributed by atoms with Crippen molar-refractivity contribution in [1.82, 2.24) is 0 Å². The topological polar surface area (TPSA) is 50.1 Å². The van der Waals surface area contributed by atoms with Crippen molar-refractivity contribution in [2.75, 3.05) is 0 Å². The van der Waals surface area contributed by atoms with Gasteiger partial charge < -0.3 is 4.74 Å². The highest BCUT2D eigenvalue weighted by Crippen LogP contribution is 2.24. The first-order valence-corrected chi connectivity index (χ1v) is 12.4. The number of hydrogen-bond acceptors (Lipinski definition) is 3. The van der Waals surface area contributed by atoms with Gasteiger partial charge in [-0.1, -0.05) is 82.5 Å². The number of unbranched alkanes of at least 4 members (excludes halogenated alkanes) is 3. The summed E-state index contributed by atoms with van der Waals surface area (Å²) in [5.41, 5.74) is 5.48. The van der Waals surface area contributed by atoms with Crippen molar-refractivity contribution in [2.45, 2.75) is 65.7 Å². The Kier molecular flexibility index (Phi) is 9.47. The number of hydrogen-bond donors (Lipinski definition) is 0. The average Bonchev–Trinajstić information content (AvgIpc) is 2.86. The highest BCUT2D eigenvalue weighted by atomic mass is 16.5. The summed E-state index contributed by atoms with van der Waals surface area (Å²) in [5.74, 6) is 0.554. The fraction of sp³-hybridized carbons (Fsp3) is 0.355. The number of ether oxygens (including phenoxy) is 1. The molecule has 0 heterocycles. The molecule has 0 saturated carbocycles. The molecule has 0 aliphatic rings. The van der Waals surface area contributed by atoms with E-state index < -0.39 is 5.97 Å². The van der Waals surface area contributed by atoms with Gasteiger partial charge in [0.05, 0.1) is 11.1 Å². The predicted molar refractivity (Wildman–Crippen MR) is 139 cm³/mol. The number of nitriles is 1. The summed E-state index contributed by atoms with van der Waals surface area (Å²) in [6.45, 7) is 6.68. The lowest BCUT2D eigenvalue weighted by Crippen LogP contribution is -2.09. The zero-order chi connectivity index (χ0) is 24.3. The molecular weight excluding hydrogens is 418 g/mol. The van der Waals surface area contributed by atoms with Crippen LogP contribution in [-0.4, -0.2) is 5.97 Å². The fourth-order valence-corrected chi connectivity index (χ4v) is 3.94. The number of aryl methyl sites for hydroxylation is 2. The van der Waals surface area contributed by atoms with Gasteiger partial charge in [-0.2, -0.15) is 5.26 Å². The van der Waals surface area contributed by atoms with Gasteiger partial charge in [0, 0.05) is 0 Å². The lowest BCUT2D eigenvalue weighted by Gasteiger charge is -2.09. The summed E-state index contributed by atoms with van der Waals surface area (Å²) in [5, 5.41) is 9.54. The molecule has 0 atom stereocenters. The van der Waals surface area contributed by atoms with Crippen molar-refractivity contribution >= 4 is 5.97 Å². The SMILES string of the molecule is CCCCCCc1ccc(OC(=O)c2ccc(-c3ccc(CCC(C)C)cc3)cc2)c(C#N)c1. The second-order valence-electron chi connectivity index (χ2n) is 9.35. The molecule has 0 aliphatic carbocycles. The van der Waals surface area contributed by atoms with Crippen LogP contribution in [0, 0.1) is 17.2 Å². The molecule has 3 heteroatoms. The number of carbonyl (C=O) groups is 1. The van der Waals surface area contributed by atoms with Crippen LogP contribution in [0.5, 0.6) is 5.75 Å². The fourth-order valence-electron chi connectivity index (χ4n) is 3.94. The second kappa shape index (κ2) is 12.8. The van der Waals surface area contributed by atoms with Gasteiger partial charge in [0.25, 0.3) is 0 Å². The Morgan fingerprint density at radius 2 is 1.50 bits per heavy atom. The van der Waals surface area contributed by atoms with Crippen LogP contribution < -0.4 is 4.74 Å². The van der Waals surface area contributed by atoms with Crippen LogP contribution in [0.3, 0.4) is 0 Å². The van der Waals surface area contributed by atoms with E-state index in [0.29, 0.717) is 22.8 Å². The summed E-state index contributed by atoms with van der Waals surface area (Å²) in [7, 11) is 0. The second-order valence-corrected chi connectivity index (χ2v) is 9.35. The summed E-state index contributed by atoms with van der Waals surface area (Å²) in [6, 6.07) is 23.7. The van der Waals surface area contributed by atoms with Crippen molar-refractivity contribution in [1.29, 1.82) is 5.26 Å². The van der Waals surface area contributed by atoms with E-state index in [1.807, 2.05) is 24.3 Å². The van der Waals surface area contributed by atoms with E-state index in [-0.39, 0.29) is 0 Å². The molecule has 176 valence electrons. The van der Waals surface area contributed by atoms with Crippen molar-refractivity contribution in [3.63, 3.8) is 0 Å². The number of esters is 1. The first kappa shape index (κ1) is 25.2. The number of nitrogens with zero attached hydrogens (tertiary/aromatic N) is 1. The molecule has 3 aromatic rings. The number of carbonyl (C=O) groups excluding carboxylic acids is 1. The third-order valence-corrected chi connectivity index (χ3v) is 6.10. The minimum atomic E-state index is -0.456. The molecule has 34 heavy (non-hydrogen) atoms. The van der Waals surface area contributed by atoms with E-state index in [1.54, 1.807) is 18.2 Å². The molecule has 3 rings (SSSR count). The Bertz CT molecular complexity index is 1110. The number of benzene rings is 3. The maximum atomic E-state index is 12.7. The average molecular weight is 454 g/mol. The first-order chi connectivity index (χ1) is 16.5. The van der Waals surface area contributed by atoms with Crippen molar-refractivity contribution in [3.05, 3.63) is 89.0 Å². The normalized spacial score (nSPS) is 10.8. The van der Waals surface area contributed by atoms with Gasteiger partial charge in [-0.25, -0.2) is 4.79 Å². The van der Waals surface area contributed by atoms with E-state index in [0.717, 1.165) is 36.0 Å². The smallest absolute Gasteiger partial charge is 0.343 e. The van der Waals surface area contributed by atoms with Gasteiger partial charge in [0.15, 0.2) is 0 Å². The van der Waals surface area contributed by atoms with Gasteiger partial charge in [-0.3, -0.25) is 0 Å².